The fraction of sp³-hybridized carbons (Fsp3) is 0.241. The van der Waals surface area contributed by atoms with E-state index in [-0.39, 0.29) is 12.0 Å². The zero-order valence-electron chi connectivity index (χ0n) is 20.5. The van der Waals surface area contributed by atoms with E-state index < -0.39 is 17.0 Å². The smallest absolute Gasteiger partial charge is 0.293 e. The summed E-state index contributed by atoms with van der Waals surface area (Å²) in [5.41, 5.74) is 2.41. The van der Waals surface area contributed by atoms with E-state index in [0.29, 0.717) is 29.4 Å². The van der Waals surface area contributed by atoms with E-state index in [0.717, 1.165) is 28.0 Å². The van der Waals surface area contributed by atoms with E-state index >= 15 is 0 Å². The number of rotatable bonds is 8. The molecule has 36 heavy (non-hydrogen) atoms. The van der Waals surface area contributed by atoms with Gasteiger partial charge in [-0.15, -0.1) is 0 Å². The predicted octanol–water partition coefficient (Wildman–Crippen LogP) is 6.82. The highest BCUT2D eigenvalue weighted by atomic mass is 32.2. The lowest BCUT2D eigenvalue weighted by Crippen LogP contribution is -2.27. The first-order valence-electron chi connectivity index (χ1n) is 11.7. The summed E-state index contributed by atoms with van der Waals surface area (Å²) in [7, 11) is 0. The third kappa shape index (κ3) is 6.34. The molecule has 1 aliphatic rings. The molecule has 1 aliphatic heterocycles. The summed E-state index contributed by atoms with van der Waals surface area (Å²) >= 11 is 0.851. The third-order valence-corrected chi connectivity index (χ3v) is 6.59. The van der Waals surface area contributed by atoms with Crippen LogP contribution in [-0.4, -0.2) is 29.3 Å². The van der Waals surface area contributed by atoms with E-state index in [2.05, 4.69) is 32.9 Å². The summed E-state index contributed by atoms with van der Waals surface area (Å²) in [6, 6.07) is 21.4. The number of thioether (sulfide) groups is 1. The minimum Gasteiger partial charge on any atom is -0.490 e. The fourth-order valence-corrected chi connectivity index (χ4v) is 4.45. The van der Waals surface area contributed by atoms with Crippen LogP contribution < -0.4 is 9.47 Å². The first kappa shape index (κ1) is 25.5. The van der Waals surface area contributed by atoms with Gasteiger partial charge in [-0.25, -0.2) is 4.39 Å². The maximum Gasteiger partial charge on any atom is 0.293 e. The molecule has 7 heteroatoms. The van der Waals surface area contributed by atoms with Crippen molar-refractivity contribution in [1.82, 2.24) is 4.90 Å². The van der Waals surface area contributed by atoms with E-state index in [1.54, 1.807) is 36.4 Å². The van der Waals surface area contributed by atoms with Crippen molar-refractivity contribution in [2.45, 2.75) is 32.7 Å². The Morgan fingerprint density at radius 2 is 1.44 bits per heavy atom. The number of hydrogen-bond acceptors (Lipinski definition) is 5. The van der Waals surface area contributed by atoms with E-state index in [1.807, 2.05) is 24.3 Å². The Morgan fingerprint density at radius 3 is 2.03 bits per heavy atom. The predicted molar refractivity (Wildman–Crippen MR) is 140 cm³/mol. The van der Waals surface area contributed by atoms with Crippen LogP contribution in [-0.2, 0) is 16.8 Å². The number of imide groups is 1. The van der Waals surface area contributed by atoms with Gasteiger partial charge in [0.25, 0.3) is 11.1 Å². The molecule has 1 saturated heterocycles. The molecule has 2 amide bonds. The number of amides is 2. The summed E-state index contributed by atoms with van der Waals surface area (Å²) in [5, 5.41) is -0.414. The van der Waals surface area contributed by atoms with Crippen molar-refractivity contribution in [3.63, 3.8) is 0 Å². The van der Waals surface area contributed by atoms with E-state index in [1.165, 1.54) is 11.6 Å². The zero-order chi connectivity index (χ0) is 25.7. The average Bonchev–Trinajstić information content (AvgIpc) is 3.11. The molecule has 186 valence electrons. The van der Waals surface area contributed by atoms with Gasteiger partial charge in [0.1, 0.15) is 30.5 Å². The van der Waals surface area contributed by atoms with Crippen molar-refractivity contribution in [3.05, 3.63) is 100 Å². The summed E-state index contributed by atoms with van der Waals surface area (Å²) < 4.78 is 25.4. The first-order valence-corrected chi connectivity index (χ1v) is 12.5. The van der Waals surface area contributed by atoms with Crippen LogP contribution in [0.4, 0.5) is 9.18 Å². The lowest BCUT2D eigenvalue weighted by Gasteiger charge is -2.19. The van der Waals surface area contributed by atoms with Gasteiger partial charge in [-0.3, -0.25) is 14.5 Å². The molecule has 5 nitrogen and oxygen atoms in total. The number of carbonyl (C=O) groups is 2. The molecule has 0 aliphatic carbocycles. The van der Waals surface area contributed by atoms with Gasteiger partial charge >= 0.3 is 0 Å². The molecular formula is C29H28FNO4S. The monoisotopic (exact) mass is 505 g/mol. The van der Waals surface area contributed by atoms with Gasteiger partial charge in [-0.1, -0.05) is 63.2 Å². The van der Waals surface area contributed by atoms with Crippen LogP contribution >= 0.6 is 11.8 Å². The highest BCUT2D eigenvalue weighted by Gasteiger charge is 2.35. The Bertz CT molecular complexity index is 1260. The standard InChI is InChI=1S/C29H28FNO4S/c1-29(2,3)22-10-14-24(15-11-22)35-17-16-34-23-12-8-20(9-13-23)18-26-27(32)31(28(33)36-26)19-21-6-4-5-7-25(21)30/h4-15,18H,16-17,19H2,1-3H3/b26-18-. The lowest BCUT2D eigenvalue weighted by atomic mass is 9.87. The van der Waals surface area contributed by atoms with E-state index in [4.69, 9.17) is 9.47 Å². The third-order valence-electron chi connectivity index (χ3n) is 5.68. The fourth-order valence-electron chi connectivity index (χ4n) is 3.62. The summed E-state index contributed by atoms with van der Waals surface area (Å²) in [6.45, 7) is 7.22. The highest BCUT2D eigenvalue weighted by Crippen LogP contribution is 2.33. The highest BCUT2D eigenvalue weighted by molar-refractivity contribution is 8.18. The van der Waals surface area contributed by atoms with Gasteiger partial charge in [0.2, 0.25) is 0 Å². The summed E-state index contributed by atoms with van der Waals surface area (Å²) in [4.78, 5) is 26.4. The Balaban J connectivity index is 1.28. The molecule has 1 heterocycles. The van der Waals surface area contributed by atoms with Crippen molar-refractivity contribution in [3.8, 4) is 11.5 Å². The number of hydrogen-bond donors (Lipinski definition) is 0. The molecule has 0 radical (unpaired) electrons. The molecule has 3 aromatic rings. The van der Waals surface area contributed by atoms with Gasteiger partial charge in [-0.2, -0.15) is 0 Å². The number of carbonyl (C=O) groups excluding carboxylic acids is 2. The van der Waals surface area contributed by atoms with E-state index in [9.17, 15) is 14.0 Å². The molecule has 0 bridgehead atoms. The summed E-state index contributed by atoms with van der Waals surface area (Å²) in [5.74, 6) is 0.596. The van der Waals surface area contributed by atoms with Gasteiger partial charge in [0, 0.05) is 5.56 Å². The molecular weight excluding hydrogens is 477 g/mol. The lowest BCUT2D eigenvalue weighted by molar-refractivity contribution is -0.123. The van der Waals surface area contributed by atoms with Crippen LogP contribution in [0.3, 0.4) is 0 Å². The minimum atomic E-state index is -0.444. The Labute approximate surface area is 214 Å². The van der Waals surface area contributed by atoms with Crippen molar-refractivity contribution in [1.29, 1.82) is 0 Å². The molecule has 0 saturated carbocycles. The topological polar surface area (TPSA) is 55.8 Å². The van der Waals surface area contributed by atoms with Crippen LogP contribution in [0.2, 0.25) is 0 Å². The molecule has 0 N–H and O–H groups in total. The Hall–Kier alpha value is -3.58. The number of halogens is 1. The van der Waals surface area contributed by atoms with Gasteiger partial charge < -0.3 is 9.47 Å². The Kier molecular flexibility index (Phi) is 7.79. The Morgan fingerprint density at radius 1 is 0.861 bits per heavy atom. The number of nitrogens with zero attached hydrogens (tertiary/aromatic N) is 1. The second kappa shape index (κ2) is 11.0. The number of ether oxygens (including phenoxy) is 2. The normalized spacial score (nSPS) is 15.0. The largest absolute Gasteiger partial charge is 0.490 e. The molecule has 3 aromatic carbocycles. The quantitative estimate of drug-likeness (QED) is 0.248. The average molecular weight is 506 g/mol. The second-order valence-corrected chi connectivity index (χ2v) is 10.4. The SMILES string of the molecule is CC(C)(C)c1ccc(OCCOc2ccc(/C=C3\SC(=O)N(Cc4ccccc4F)C3=O)cc2)cc1. The van der Waals surface area contributed by atoms with Gasteiger partial charge in [0.15, 0.2) is 0 Å². The maximum atomic E-state index is 13.9. The minimum absolute atomic E-state index is 0.0930. The van der Waals surface area contributed by atoms with Gasteiger partial charge in [0.05, 0.1) is 11.4 Å². The van der Waals surface area contributed by atoms with Crippen molar-refractivity contribution < 1.29 is 23.5 Å². The number of benzene rings is 3. The zero-order valence-corrected chi connectivity index (χ0v) is 21.3. The molecule has 0 spiro atoms. The van der Waals surface area contributed by atoms with Crippen LogP contribution in [0, 0.1) is 5.82 Å². The first-order chi connectivity index (χ1) is 17.2. The molecule has 1 fully saturated rings. The van der Waals surface area contributed by atoms with Crippen molar-refractivity contribution in [2.75, 3.05) is 13.2 Å². The summed E-state index contributed by atoms with van der Waals surface area (Å²) in [6.07, 6.45) is 1.65. The van der Waals surface area contributed by atoms with Crippen molar-refractivity contribution >= 4 is 29.0 Å². The molecule has 4 rings (SSSR count). The molecule has 0 aromatic heterocycles. The van der Waals surface area contributed by atoms with Crippen LogP contribution in [0.5, 0.6) is 11.5 Å². The maximum absolute atomic E-state index is 13.9. The molecule has 0 unspecified atom stereocenters. The second-order valence-electron chi connectivity index (χ2n) is 9.40. The molecule has 0 atom stereocenters. The van der Waals surface area contributed by atoms with Crippen LogP contribution in [0.15, 0.2) is 77.7 Å². The van der Waals surface area contributed by atoms with Crippen LogP contribution in [0.25, 0.3) is 6.08 Å². The van der Waals surface area contributed by atoms with Gasteiger partial charge in [-0.05, 0) is 64.7 Å². The van der Waals surface area contributed by atoms with Crippen LogP contribution in [0.1, 0.15) is 37.5 Å². The van der Waals surface area contributed by atoms with Crippen molar-refractivity contribution in [2.24, 2.45) is 0 Å².